The maximum absolute atomic E-state index is 13.2. The summed E-state index contributed by atoms with van der Waals surface area (Å²) in [6, 6.07) is 11.6. The molecule has 228 valence electrons. The molecule has 1 amide bonds. The molecule has 1 heterocycles. The van der Waals surface area contributed by atoms with Crippen molar-refractivity contribution in [3.63, 3.8) is 0 Å². The third kappa shape index (κ3) is 9.16. The second-order valence-electron chi connectivity index (χ2n) is 11.2. The fourth-order valence-electron chi connectivity index (χ4n) is 5.65. The van der Waals surface area contributed by atoms with Gasteiger partial charge in [0.2, 0.25) is 0 Å². The van der Waals surface area contributed by atoms with Gasteiger partial charge in [0.15, 0.2) is 0 Å². The molecule has 1 saturated heterocycles. The van der Waals surface area contributed by atoms with E-state index in [1.54, 1.807) is 30.3 Å². The standard InChI is InChI=1S/C34H46N2O6/c1-3-4-5-6-7-8-9-10-11-12-13-14-15-16-24-35-31(27-18-17-19-28(25-27)36(40)41)30(33(38)34(35)39)32(37)26-20-22-29(42-2)23-21-26/h17-23,25,31,37H,3-16,24H2,1-2H3/t31-/m0/s1. The molecular formula is C34H46N2O6. The highest BCUT2D eigenvalue weighted by molar-refractivity contribution is 6.46. The van der Waals surface area contributed by atoms with Crippen molar-refractivity contribution in [2.45, 2.75) is 103 Å². The average Bonchev–Trinajstić information content (AvgIpc) is 3.26. The Kier molecular flexibility index (Phi) is 13.5. The van der Waals surface area contributed by atoms with E-state index in [9.17, 15) is 24.8 Å². The van der Waals surface area contributed by atoms with Crippen molar-refractivity contribution in [2.24, 2.45) is 0 Å². The van der Waals surface area contributed by atoms with Crippen LogP contribution in [0, 0.1) is 10.1 Å². The van der Waals surface area contributed by atoms with Crippen molar-refractivity contribution in [1.82, 2.24) is 4.90 Å². The Morgan fingerprint density at radius 3 is 1.93 bits per heavy atom. The Morgan fingerprint density at radius 2 is 1.40 bits per heavy atom. The fraction of sp³-hybridized carbons (Fsp3) is 0.529. The van der Waals surface area contributed by atoms with Gasteiger partial charge in [-0.25, -0.2) is 0 Å². The number of Topliss-reactive ketones (excluding diaryl/α,β-unsaturated/α-hetero) is 1. The summed E-state index contributed by atoms with van der Waals surface area (Å²) in [6.45, 7) is 2.57. The number of methoxy groups -OCH3 is 1. The maximum atomic E-state index is 13.2. The first-order chi connectivity index (χ1) is 20.4. The van der Waals surface area contributed by atoms with E-state index in [1.807, 2.05) is 0 Å². The van der Waals surface area contributed by atoms with E-state index in [4.69, 9.17) is 4.74 Å². The lowest BCUT2D eigenvalue weighted by Crippen LogP contribution is -2.30. The number of ketones is 1. The van der Waals surface area contributed by atoms with Crippen LogP contribution in [0.25, 0.3) is 5.76 Å². The average molecular weight is 579 g/mol. The zero-order valence-electron chi connectivity index (χ0n) is 25.2. The predicted molar refractivity (Wildman–Crippen MR) is 165 cm³/mol. The van der Waals surface area contributed by atoms with Gasteiger partial charge in [-0.2, -0.15) is 0 Å². The van der Waals surface area contributed by atoms with Crippen LogP contribution in [0.15, 0.2) is 54.1 Å². The number of likely N-dealkylation sites (tertiary alicyclic amines) is 1. The van der Waals surface area contributed by atoms with Gasteiger partial charge in [-0.3, -0.25) is 19.7 Å². The largest absolute Gasteiger partial charge is 0.507 e. The van der Waals surface area contributed by atoms with Crippen LogP contribution in [0.4, 0.5) is 5.69 Å². The van der Waals surface area contributed by atoms with Crippen LogP contribution >= 0.6 is 0 Å². The second kappa shape index (κ2) is 17.3. The Hall–Kier alpha value is -3.68. The van der Waals surface area contributed by atoms with Crippen molar-refractivity contribution in [2.75, 3.05) is 13.7 Å². The summed E-state index contributed by atoms with van der Waals surface area (Å²) in [5.74, 6) is -1.21. The molecule has 8 nitrogen and oxygen atoms in total. The highest BCUT2D eigenvalue weighted by Crippen LogP contribution is 2.40. The van der Waals surface area contributed by atoms with E-state index in [2.05, 4.69) is 6.92 Å². The molecule has 0 aliphatic carbocycles. The number of nitro groups is 1. The summed E-state index contributed by atoms with van der Waals surface area (Å²) in [4.78, 5) is 38.9. The third-order valence-corrected chi connectivity index (χ3v) is 8.05. The lowest BCUT2D eigenvalue weighted by atomic mass is 9.95. The van der Waals surface area contributed by atoms with Crippen LogP contribution in [0.1, 0.15) is 114 Å². The van der Waals surface area contributed by atoms with Gasteiger partial charge in [-0.15, -0.1) is 0 Å². The molecule has 8 heteroatoms. The number of amides is 1. The number of benzene rings is 2. The van der Waals surface area contributed by atoms with Crippen LogP contribution in [-0.2, 0) is 9.59 Å². The molecule has 1 aliphatic heterocycles. The zero-order valence-corrected chi connectivity index (χ0v) is 25.2. The summed E-state index contributed by atoms with van der Waals surface area (Å²) in [7, 11) is 1.53. The topological polar surface area (TPSA) is 110 Å². The molecule has 1 aliphatic rings. The van der Waals surface area contributed by atoms with Crippen molar-refractivity contribution in [1.29, 1.82) is 0 Å². The minimum Gasteiger partial charge on any atom is -0.507 e. The molecule has 0 radical (unpaired) electrons. The molecule has 0 unspecified atom stereocenters. The third-order valence-electron chi connectivity index (χ3n) is 8.05. The molecule has 0 spiro atoms. The normalized spacial score (nSPS) is 16.2. The van der Waals surface area contributed by atoms with Crippen LogP contribution < -0.4 is 4.74 Å². The van der Waals surface area contributed by atoms with Gasteiger partial charge in [0.1, 0.15) is 11.5 Å². The summed E-state index contributed by atoms with van der Waals surface area (Å²) in [5, 5.41) is 22.7. The molecule has 1 fully saturated rings. The van der Waals surface area contributed by atoms with Crippen molar-refractivity contribution >= 4 is 23.1 Å². The van der Waals surface area contributed by atoms with Gasteiger partial charge in [0.05, 0.1) is 23.6 Å². The summed E-state index contributed by atoms with van der Waals surface area (Å²) < 4.78 is 5.18. The SMILES string of the molecule is CCCCCCCCCCCCCCCCN1C(=O)C(=O)C(=C(O)c2ccc(OC)cc2)[C@@H]1c1cccc([N+](=O)[O-])c1. The number of unbranched alkanes of at least 4 members (excludes halogenated alkanes) is 13. The van der Waals surface area contributed by atoms with Crippen LogP contribution in [0.2, 0.25) is 0 Å². The van der Waals surface area contributed by atoms with Crippen molar-refractivity contribution in [3.05, 3.63) is 75.3 Å². The number of carbonyl (C=O) groups excluding carboxylic acids is 2. The minimum atomic E-state index is -0.908. The lowest BCUT2D eigenvalue weighted by molar-refractivity contribution is -0.384. The first kappa shape index (κ1) is 32.8. The lowest BCUT2D eigenvalue weighted by Gasteiger charge is -2.25. The van der Waals surface area contributed by atoms with Crippen molar-refractivity contribution < 1.29 is 24.4 Å². The van der Waals surface area contributed by atoms with Crippen molar-refractivity contribution in [3.8, 4) is 5.75 Å². The Morgan fingerprint density at radius 1 is 0.857 bits per heavy atom. The first-order valence-corrected chi connectivity index (χ1v) is 15.6. The molecule has 0 bridgehead atoms. The molecular weight excluding hydrogens is 532 g/mol. The monoisotopic (exact) mass is 578 g/mol. The summed E-state index contributed by atoms with van der Waals surface area (Å²) in [5.41, 5.74) is 0.583. The molecule has 2 aromatic carbocycles. The van der Waals surface area contributed by atoms with E-state index in [-0.39, 0.29) is 17.0 Å². The van der Waals surface area contributed by atoms with Gasteiger partial charge in [-0.05, 0) is 36.2 Å². The number of non-ortho nitro benzene ring substituents is 1. The molecule has 3 rings (SSSR count). The zero-order chi connectivity index (χ0) is 30.3. The van der Waals surface area contributed by atoms with Crippen LogP contribution in [-0.4, -0.2) is 40.3 Å². The number of rotatable bonds is 19. The van der Waals surface area contributed by atoms with E-state index in [0.29, 0.717) is 29.8 Å². The number of carbonyl (C=O) groups is 2. The number of aliphatic hydroxyl groups excluding tert-OH is 1. The van der Waals surface area contributed by atoms with Crippen LogP contribution in [0.5, 0.6) is 5.75 Å². The number of ether oxygens (including phenoxy) is 1. The van der Waals surface area contributed by atoms with E-state index >= 15 is 0 Å². The molecule has 1 N–H and O–H groups in total. The van der Waals surface area contributed by atoms with Gasteiger partial charge in [0, 0.05) is 24.2 Å². The molecule has 1 atom stereocenters. The molecule has 42 heavy (non-hydrogen) atoms. The quantitative estimate of drug-likeness (QED) is 0.0447. The van der Waals surface area contributed by atoms with Gasteiger partial charge < -0.3 is 14.7 Å². The highest BCUT2D eigenvalue weighted by Gasteiger charge is 2.46. The van der Waals surface area contributed by atoms with Gasteiger partial charge in [0.25, 0.3) is 17.4 Å². The van der Waals surface area contributed by atoms with E-state index < -0.39 is 22.7 Å². The summed E-state index contributed by atoms with van der Waals surface area (Å²) >= 11 is 0. The Bertz CT molecular complexity index is 1210. The number of nitro benzene ring substituents is 1. The Balaban J connectivity index is 1.61. The number of hydrogen-bond donors (Lipinski definition) is 1. The summed E-state index contributed by atoms with van der Waals surface area (Å²) in [6.07, 6.45) is 16.9. The predicted octanol–water partition coefficient (Wildman–Crippen LogP) is 8.51. The maximum Gasteiger partial charge on any atom is 0.295 e. The number of hydrogen-bond acceptors (Lipinski definition) is 6. The van der Waals surface area contributed by atoms with E-state index in [0.717, 1.165) is 19.3 Å². The minimum absolute atomic E-state index is 0.0592. The van der Waals surface area contributed by atoms with Gasteiger partial charge >= 0.3 is 0 Å². The number of aliphatic hydroxyl groups is 1. The Labute approximate surface area is 249 Å². The highest BCUT2D eigenvalue weighted by atomic mass is 16.6. The number of nitrogens with zero attached hydrogens (tertiary/aromatic N) is 2. The molecule has 0 aromatic heterocycles. The van der Waals surface area contributed by atoms with Gasteiger partial charge in [-0.1, -0.05) is 103 Å². The smallest absolute Gasteiger partial charge is 0.295 e. The second-order valence-corrected chi connectivity index (χ2v) is 11.2. The first-order valence-electron chi connectivity index (χ1n) is 15.6. The molecule has 2 aromatic rings. The fourth-order valence-corrected chi connectivity index (χ4v) is 5.65. The molecule has 0 saturated carbocycles. The van der Waals surface area contributed by atoms with E-state index in [1.165, 1.54) is 94.4 Å². The van der Waals surface area contributed by atoms with Crippen LogP contribution in [0.3, 0.4) is 0 Å².